The lowest BCUT2D eigenvalue weighted by molar-refractivity contribution is 0.907. The van der Waals surface area contributed by atoms with Gasteiger partial charge in [-0.2, -0.15) is 0 Å². The van der Waals surface area contributed by atoms with Crippen LogP contribution in [0.4, 0.5) is 0 Å². The van der Waals surface area contributed by atoms with Crippen molar-refractivity contribution in [1.29, 1.82) is 0 Å². The van der Waals surface area contributed by atoms with Gasteiger partial charge < -0.3 is 0 Å². The standard InChI is InChI=1S/C16H17Cl/c1-12-7-6-10-15(13(12)2)16(17)11-14-8-4-3-5-9-14/h3-10,16H,11H2,1-2H3. The molecule has 0 aliphatic heterocycles. The molecular formula is C16H17Cl. The summed E-state index contributed by atoms with van der Waals surface area (Å²) in [5.41, 5.74) is 5.15. The highest BCUT2D eigenvalue weighted by atomic mass is 35.5. The van der Waals surface area contributed by atoms with Crippen LogP contribution in [0.2, 0.25) is 0 Å². The summed E-state index contributed by atoms with van der Waals surface area (Å²) in [6, 6.07) is 16.7. The number of benzene rings is 2. The van der Waals surface area contributed by atoms with Crippen molar-refractivity contribution in [2.75, 3.05) is 0 Å². The molecule has 0 saturated carbocycles. The van der Waals surface area contributed by atoms with Crippen LogP contribution in [0.15, 0.2) is 48.5 Å². The second kappa shape index (κ2) is 5.37. The fourth-order valence-corrected chi connectivity index (χ4v) is 2.46. The maximum absolute atomic E-state index is 6.52. The highest BCUT2D eigenvalue weighted by Crippen LogP contribution is 2.28. The summed E-state index contributed by atoms with van der Waals surface area (Å²) in [5, 5.41) is 0.0531. The van der Waals surface area contributed by atoms with Crippen molar-refractivity contribution in [3.05, 3.63) is 70.8 Å². The van der Waals surface area contributed by atoms with Gasteiger partial charge in [0.05, 0.1) is 5.38 Å². The van der Waals surface area contributed by atoms with Crippen LogP contribution in [0, 0.1) is 13.8 Å². The van der Waals surface area contributed by atoms with Gasteiger partial charge in [-0.05, 0) is 42.5 Å². The topological polar surface area (TPSA) is 0 Å². The molecule has 1 atom stereocenters. The second-order valence-electron chi connectivity index (χ2n) is 4.45. The van der Waals surface area contributed by atoms with E-state index in [4.69, 9.17) is 11.6 Å². The molecule has 0 heterocycles. The zero-order valence-corrected chi connectivity index (χ0v) is 11.0. The van der Waals surface area contributed by atoms with E-state index in [0.717, 1.165) is 6.42 Å². The Morgan fingerprint density at radius 2 is 1.65 bits per heavy atom. The average Bonchev–Trinajstić information content (AvgIpc) is 2.34. The first kappa shape index (κ1) is 12.2. The smallest absolute Gasteiger partial charge is 0.0628 e. The fourth-order valence-electron chi connectivity index (χ4n) is 2.04. The summed E-state index contributed by atoms with van der Waals surface area (Å²) < 4.78 is 0. The summed E-state index contributed by atoms with van der Waals surface area (Å²) in [5.74, 6) is 0. The quantitative estimate of drug-likeness (QED) is 0.679. The summed E-state index contributed by atoms with van der Waals surface area (Å²) in [6.07, 6.45) is 0.882. The molecule has 2 rings (SSSR count). The molecule has 1 unspecified atom stereocenters. The van der Waals surface area contributed by atoms with Crippen molar-refractivity contribution in [2.24, 2.45) is 0 Å². The minimum Gasteiger partial charge on any atom is -0.117 e. The molecule has 0 aliphatic carbocycles. The van der Waals surface area contributed by atoms with Crippen LogP contribution >= 0.6 is 11.6 Å². The van der Waals surface area contributed by atoms with Gasteiger partial charge in [0.2, 0.25) is 0 Å². The van der Waals surface area contributed by atoms with Crippen molar-refractivity contribution in [3.63, 3.8) is 0 Å². The maximum Gasteiger partial charge on any atom is 0.0628 e. The number of aryl methyl sites for hydroxylation is 1. The summed E-state index contributed by atoms with van der Waals surface area (Å²) in [4.78, 5) is 0. The molecule has 0 amide bonds. The Hall–Kier alpha value is -1.27. The Morgan fingerprint density at radius 3 is 2.35 bits per heavy atom. The zero-order valence-electron chi connectivity index (χ0n) is 10.3. The Balaban J connectivity index is 2.20. The largest absolute Gasteiger partial charge is 0.117 e. The Morgan fingerprint density at radius 1 is 0.941 bits per heavy atom. The Bertz CT molecular complexity index is 488. The summed E-state index contributed by atoms with van der Waals surface area (Å²) in [7, 11) is 0. The minimum absolute atomic E-state index is 0.0531. The van der Waals surface area contributed by atoms with Crippen molar-refractivity contribution < 1.29 is 0 Å². The number of alkyl halides is 1. The number of halogens is 1. The lowest BCUT2D eigenvalue weighted by Gasteiger charge is -2.14. The van der Waals surface area contributed by atoms with E-state index in [9.17, 15) is 0 Å². The second-order valence-corrected chi connectivity index (χ2v) is 4.97. The molecule has 0 saturated heterocycles. The summed E-state index contributed by atoms with van der Waals surface area (Å²) >= 11 is 6.52. The van der Waals surface area contributed by atoms with Crippen LogP contribution in [0.5, 0.6) is 0 Å². The normalized spacial score (nSPS) is 12.4. The first-order valence-electron chi connectivity index (χ1n) is 5.92. The van der Waals surface area contributed by atoms with Gasteiger partial charge in [0.15, 0.2) is 0 Å². The molecule has 0 fully saturated rings. The number of rotatable bonds is 3. The maximum atomic E-state index is 6.52. The monoisotopic (exact) mass is 244 g/mol. The fraction of sp³-hybridized carbons (Fsp3) is 0.250. The molecule has 0 N–H and O–H groups in total. The van der Waals surface area contributed by atoms with Gasteiger partial charge in [-0.3, -0.25) is 0 Å². The van der Waals surface area contributed by atoms with Crippen LogP contribution < -0.4 is 0 Å². The number of hydrogen-bond acceptors (Lipinski definition) is 0. The van der Waals surface area contributed by atoms with Gasteiger partial charge in [0.25, 0.3) is 0 Å². The molecule has 0 radical (unpaired) electrons. The molecule has 0 spiro atoms. The van der Waals surface area contributed by atoms with Gasteiger partial charge >= 0.3 is 0 Å². The SMILES string of the molecule is Cc1cccc(C(Cl)Cc2ccccc2)c1C. The van der Waals surface area contributed by atoms with Gasteiger partial charge in [0, 0.05) is 0 Å². The van der Waals surface area contributed by atoms with Crippen LogP contribution in [-0.2, 0) is 6.42 Å². The predicted molar refractivity (Wildman–Crippen MR) is 74.7 cm³/mol. The van der Waals surface area contributed by atoms with Gasteiger partial charge in [-0.25, -0.2) is 0 Å². The summed E-state index contributed by atoms with van der Waals surface area (Å²) in [6.45, 7) is 4.27. The van der Waals surface area contributed by atoms with E-state index in [2.05, 4.69) is 56.3 Å². The van der Waals surface area contributed by atoms with Crippen LogP contribution in [0.1, 0.15) is 27.6 Å². The van der Waals surface area contributed by atoms with E-state index < -0.39 is 0 Å². The van der Waals surface area contributed by atoms with Gasteiger partial charge in [-0.15, -0.1) is 11.6 Å². The molecule has 17 heavy (non-hydrogen) atoms. The van der Waals surface area contributed by atoms with E-state index >= 15 is 0 Å². The molecule has 2 aromatic rings. The zero-order chi connectivity index (χ0) is 12.3. The van der Waals surface area contributed by atoms with Gasteiger partial charge in [-0.1, -0.05) is 48.5 Å². The Labute approximate surface area is 108 Å². The molecule has 1 heteroatoms. The average molecular weight is 245 g/mol. The van der Waals surface area contributed by atoms with Crippen molar-refractivity contribution in [3.8, 4) is 0 Å². The van der Waals surface area contributed by atoms with Crippen molar-refractivity contribution >= 4 is 11.6 Å². The minimum atomic E-state index is 0.0531. The first-order chi connectivity index (χ1) is 8.18. The molecule has 0 aromatic heterocycles. The van der Waals surface area contributed by atoms with Crippen molar-refractivity contribution in [1.82, 2.24) is 0 Å². The van der Waals surface area contributed by atoms with Crippen LogP contribution in [-0.4, -0.2) is 0 Å². The lowest BCUT2D eigenvalue weighted by atomic mass is 9.97. The molecule has 88 valence electrons. The first-order valence-corrected chi connectivity index (χ1v) is 6.36. The molecular weight excluding hydrogens is 228 g/mol. The van der Waals surface area contributed by atoms with E-state index in [1.165, 1.54) is 22.3 Å². The van der Waals surface area contributed by atoms with E-state index in [-0.39, 0.29) is 5.38 Å². The van der Waals surface area contributed by atoms with E-state index in [1.807, 2.05) is 6.07 Å². The highest BCUT2D eigenvalue weighted by Gasteiger charge is 2.12. The number of hydrogen-bond donors (Lipinski definition) is 0. The van der Waals surface area contributed by atoms with E-state index in [1.54, 1.807) is 0 Å². The lowest BCUT2D eigenvalue weighted by Crippen LogP contribution is -1.99. The van der Waals surface area contributed by atoms with E-state index in [0.29, 0.717) is 0 Å². The third kappa shape index (κ3) is 2.89. The van der Waals surface area contributed by atoms with Crippen molar-refractivity contribution in [2.45, 2.75) is 25.6 Å². The highest BCUT2D eigenvalue weighted by molar-refractivity contribution is 6.21. The van der Waals surface area contributed by atoms with Crippen LogP contribution in [0.25, 0.3) is 0 Å². The van der Waals surface area contributed by atoms with Crippen LogP contribution in [0.3, 0.4) is 0 Å². The predicted octanol–water partition coefficient (Wildman–Crippen LogP) is 4.83. The molecule has 0 aliphatic rings. The third-order valence-electron chi connectivity index (χ3n) is 3.24. The van der Waals surface area contributed by atoms with Gasteiger partial charge in [0.1, 0.15) is 0 Å². The molecule has 0 bridgehead atoms. The molecule has 0 nitrogen and oxygen atoms in total. The molecule has 2 aromatic carbocycles. The Kier molecular flexibility index (Phi) is 3.86. The third-order valence-corrected chi connectivity index (χ3v) is 3.63.